The minimum absolute atomic E-state index is 0. The fourth-order valence-electron chi connectivity index (χ4n) is 1.94. The smallest absolute Gasteiger partial charge is 0.287 e. The summed E-state index contributed by atoms with van der Waals surface area (Å²) in [7, 11) is 0. The lowest BCUT2D eigenvalue weighted by atomic mass is 10.0. The van der Waals surface area contributed by atoms with Gasteiger partial charge in [0.25, 0.3) is 5.91 Å². The second-order valence-corrected chi connectivity index (χ2v) is 5.38. The van der Waals surface area contributed by atoms with E-state index >= 15 is 0 Å². The molecule has 3 N–H and O–H groups in total. The summed E-state index contributed by atoms with van der Waals surface area (Å²) in [6.07, 6.45) is 1.43. The highest BCUT2D eigenvalue weighted by Gasteiger charge is 2.25. The first-order valence-electron chi connectivity index (χ1n) is 7.31. The molecule has 0 fully saturated rings. The average Bonchev–Trinajstić information content (AvgIpc) is 2.96. The molecule has 0 spiro atoms. The predicted octanol–water partition coefficient (Wildman–Crippen LogP) is 1.57. The van der Waals surface area contributed by atoms with Gasteiger partial charge in [0.2, 0.25) is 5.91 Å². The summed E-state index contributed by atoms with van der Waals surface area (Å²) < 4.78 is 5.03. The molecule has 0 saturated heterocycles. The van der Waals surface area contributed by atoms with Crippen molar-refractivity contribution in [1.29, 1.82) is 0 Å². The van der Waals surface area contributed by atoms with Crippen LogP contribution in [-0.2, 0) is 4.79 Å². The Morgan fingerprint density at radius 1 is 1.27 bits per heavy atom. The SMILES string of the molecule is CCN[C@H](C)CNC(=O)C(NC(=O)c1ccco1)C(C)C.Cl. The van der Waals surface area contributed by atoms with Gasteiger partial charge in [-0.25, -0.2) is 0 Å². The maximum atomic E-state index is 12.2. The Morgan fingerprint density at radius 2 is 1.95 bits per heavy atom. The van der Waals surface area contributed by atoms with Crippen LogP contribution in [0.3, 0.4) is 0 Å². The van der Waals surface area contributed by atoms with Crippen molar-refractivity contribution >= 4 is 24.2 Å². The van der Waals surface area contributed by atoms with Crippen molar-refractivity contribution in [2.75, 3.05) is 13.1 Å². The van der Waals surface area contributed by atoms with Crippen LogP contribution in [-0.4, -0.2) is 37.0 Å². The first-order valence-corrected chi connectivity index (χ1v) is 7.31. The summed E-state index contributed by atoms with van der Waals surface area (Å²) in [5.74, 6) is -0.379. The molecule has 2 amide bonds. The quantitative estimate of drug-likeness (QED) is 0.675. The average molecular weight is 332 g/mol. The van der Waals surface area contributed by atoms with Gasteiger partial charge in [0.1, 0.15) is 6.04 Å². The topological polar surface area (TPSA) is 83.4 Å². The van der Waals surface area contributed by atoms with E-state index in [2.05, 4.69) is 16.0 Å². The van der Waals surface area contributed by atoms with Gasteiger partial charge in [-0.2, -0.15) is 0 Å². The molecule has 0 aromatic carbocycles. The van der Waals surface area contributed by atoms with Crippen molar-refractivity contribution in [1.82, 2.24) is 16.0 Å². The second-order valence-electron chi connectivity index (χ2n) is 5.38. The first-order chi connectivity index (χ1) is 9.95. The Kier molecular flexibility index (Phi) is 9.53. The number of halogens is 1. The van der Waals surface area contributed by atoms with Gasteiger partial charge in [0.05, 0.1) is 6.26 Å². The van der Waals surface area contributed by atoms with Crippen LogP contribution in [0.25, 0.3) is 0 Å². The van der Waals surface area contributed by atoms with Gasteiger partial charge in [-0.05, 0) is 31.5 Å². The molecule has 22 heavy (non-hydrogen) atoms. The molecule has 0 bridgehead atoms. The van der Waals surface area contributed by atoms with E-state index < -0.39 is 6.04 Å². The maximum absolute atomic E-state index is 12.2. The molecule has 0 aliphatic heterocycles. The number of amides is 2. The summed E-state index contributed by atoms with van der Waals surface area (Å²) in [6, 6.07) is 2.80. The summed E-state index contributed by atoms with van der Waals surface area (Å²) in [5.41, 5.74) is 0. The Hall–Kier alpha value is -1.53. The molecular formula is C15H26ClN3O3. The van der Waals surface area contributed by atoms with E-state index in [0.29, 0.717) is 6.54 Å². The highest BCUT2D eigenvalue weighted by molar-refractivity contribution is 5.95. The molecule has 1 heterocycles. The molecule has 0 aliphatic rings. The Balaban J connectivity index is 0.00000441. The lowest BCUT2D eigenvalue weighted by Crippen LogP contribution is -2.51. The Morgan fingerprint density at radius 3 is 2.45 bits per heavy atom. The van der Waals surface area contributed by atoms with Crippen LogP contribution in [0.2, 0.25) is 0 Å². The van der Waals surface area contributed by atoms with Gasteiger partial charge >= 0.3 is 0 Å². The number of hydrogen-bond acceptors (Lipinski definition) is 4. The van der Waals surface area contributed by atoms with E-state index in [-0.39, 0.29) is 41.9 Å². The van der Waals surface area contributed by atoms with Gasteiger partial charge in [-0.3, -0.25) is 9.59 Å². The number of hydrogen-bond donors (Lipinski definition) is 3. The highest BCUT2D eigenvalue weighted by Crippen LogP contribution is 2.05. The predicted molar refractivity (Wildman–Crippen MR) is 88.2 cm³/mol. The molecule has 2 atom stereocenters. The molecule has 7 heteroatoms. The highest BCUT2D eigenvalue weighted by atomic mass is 35.5. The van der Waals surface area contributed by atoms with Crippen LogP contribution < -0.4 is 16.0 Å². The monoisotopic (exact) mass is 331 g/mol. The van der Waals surface area contributed by atoms with E-state index in [1.54, 1.807) is 12.1 Å². The number of nitrogens with one attached hydrogen (secondary N) is 3. The molecule has 126 valence electrons. The van der Waals surface area contributed by atoms with Crippen LogP contribution in [0.4, 0.5) is 0 Å². The molecule has 1 aromatic rings. The zero-order chi connectivity index (χ0) is 15.8. The normalized spacial score (nSPS) is 13.1. The van der Waals surface area contributed by atoms with E-state index in [0.717, 1.165) is 6.54 Å². The molecule has 1 unspecified atom stereocenters. The number of carbonyl (C=O) groups excluding carboxylic acids is 2. The van der Waals surface area contributed by atoms with Gasteiger partial charge in [0.15, 0.2) is 5.76 Å². The number of furan rings is 1. The van der Waals surface area contributed by atoms with Crippen LogP contribution in [0.5, 0.6) is 0 Å². The van der Waals surface area contributed by atoms with Gasteiger partial charge in [0, 0.05) is 12.6 Å². The van der Waals surface area contributed by atoms with Crippen molar-refractivity contribution in [2.24, 2.45) is 5.92 Å². The lowest BCUT2D eigenvalue weighted by Gasteiger charge is -2.22. The standard InChI is InChI=1S/C15H25N3O3.ClH/c1-5-16-11(4)9-17-15(20)13(10(2)3)18-14(19)12-7-6-8-21-12;/h6-8,10-11,13,16H,5,9H2,1-4H3,(H,17,20)(H,18,19);1H/t11-,13?;/m1./s1. The minimum Gasteiger partial charge on any atom is -0.459 e. The van der Waals surface area contributed by atoms with E-state index in [1.807, 2.05) is 27.7 Å². The third-order valence-electron chi connectivity index (χ3n) is 3.12. The Labute approximate surface area is 137 Å². The summed E-state index contributed by atoms with van der Waals surface area (Å²) in [6.45, 7) is 9.15. The molecule has 0 saturated carbocycles. The molecule has 1 rings (SSSR count). The molecule has 0 radical (unpaired) electrons. The van der Waals surface area contributed by atoms with Gasteiger partial charge < -0.3 is 20.4 Å². The molecule has 0 aliphatic carbocycles. The fourth-order valence-corrected chi connectivity index (χ4v) is 1.94. The maximum Gasteiger partial charge on any atom is 0.287 e. The van der Waals surface area contributed by atoms with E-state index in [1.165, 1.54) is 6.26 Å². The summed E-state index contributed by atoms with van der Waals surface area (Å²) >= 11 is 0. The van der Waals surface area contributed by atoms with Gasteiger partial charge in [-0.1, -0.05) is 20.8 Å². The largest absolute Gasteiger partial charge is 0.459 e. The zero-order valence-electron chi connectivity index (χ0n) is 13.5. The lowest BCUT2D eigenvalue weighted by molar-refractivity contribution is -0.124. The van der Waals surface area contributed by atoms with Gasteiger partial charge in [-0.15, -0.1) is 12.4 Å². The Bertz CT molecular complexity index is 449. The van der Waals surface area contributed by atoms with Crippen molar-refractivity contribution in [3.63, 3.8) is 0 Å². The third-order valence-corrected chi connectivity index (χ3v) is 3.12. The van der Waals surface area contributed by atoms with Crippen molar-refractivity contribution in [2.45, 2.75) is 39.8 Å². The minimum atomic E-state index is -0.587. The van der Waals surface area contributed by atoms with Crippen molar-refractivity contribution in [3.05, 3.63) is 24.2 Å². The molecule has 1 aromatic heterocycles. The zero-order valence-corrected chi connectivity index (χ0v) is 14.3. The van der Waals surface area contributed by atoms with Crippen LogP contribution >= 0.6 is 12.4 Å². The van der Waals surface area contributed by atoms with Crippen molar-refractivity contribution < 1.29 is 14.0 Å². The summed E-state index contributed by atoms with van der Waals surface area (Å²) in [5, 5.41) is 8.78. The number of carbonyl (C=O) groups is 2. The molecular weight excluding hydrogens is 306 g/mol. The fraction of sp³-hybridized carbons (Fsp3) is 0.600. The van der Waals surface area contributed by atoms with E-state index in [9.17, 15) is 9.59 Å². The van der Waals surface area contributed by atoms with Crippen LogP contribution in [0, 0.1) is 5.92 Å². The first kappa shape index (κ1) is 20.5. The van der Waals surface area contributed by atoms with Crippen LogP contribution in [0.1, 0.15) is 38.2 Å². The van der Waals surface area contributed by atoms with Crippen LogP contribution in [0.15, 0.2) is 22.8 Å². The number of likely N-dealkylation sites (N-methyl/N-ethyl adjacent to an activating group) is 1. The summed E-state index contributed by atoms with van der Waals surface area (Å²) in [4.78, 5) is 24.2. The second kappa shape index (κ2) is 10.2. The third kappa shape index (κ3) is 6.49. The van der Waals surface area contributed by atoms with E-state index in [4.69, 9.17) is 4.42 Å². The number of rotatable bonds is 8. The molecule has 6 nitrogen and oxygen atoms in total. The van der Waals surface area contributed by atoms with Crippen molar-refractivity contribution in [3.8, 4) is 0 Å².